The monoisotopic (exact) mass is 543 g/mol. The van der Waals surface area contributed by atoms with Crippen molar-refractivity contribution in [1.82, 2.24) is 19.8 Å². The summed E-state index contributed by atoms with van der Waals surface area (Å²) in [5.74, 6) is 0.407. The van der Waals surface area contributed by atoms with Crippen molar-refractivity contribution in [2.45, 2.75) is 32.7 Å². The number of carbonyl (C=O) groups excluding carboxylic acids is 2. The van der Waals surface area contributed by atoms with Crippen LogP contribution in [0.3, 0.4) is 0 Å². The van der Waals surface area contributed by atoms with E-state index in [1.54, 1.807) is 6.20 Å². The Balaban J connectivity index is 1.09. The quantitative estimate of drug-likeness (QED) is 0.359. The van der Waals surface area contributed by atoms with E-state index in [4.69, 9.17) is 4.74 Å². The topological polar surface area (TPSA) is 79.7 Å². The number of anilines is 1. The van der Waals surface area contributed by atoms with E-state index in [1.807, 2.05) is 41.9 Å². The molecule has 0 radical (unpaired) electrons. The van der Waals surface area contributed by atoms with Crippen LogP contribution in [0.25, 0.3) is 11.4 Å². The number of nitrogens with zero attached hydrogens (tertiary/aromatic N) is 4. The van der Waals surface area contributed by atoms with Gasteiger partial charge < -0.3 is 9.30 Å². The molecule has 6 rings (SSSR count). The first-order valence-corrected chi connectivity index (χ1v) is 13.0. The van der Waals surface area contributed by atoms with E-state index >= 15 is 0 Å². The number of imide groups is 1. The number of halogens is 2. The molecule has 2 aliphatic heterocycles. The number of hydrogen-bond donors (Lipinski definition) is 1. The minimum absolute atomic E-state index is 0.0870. The van der Waals surface area contributed by atoms with Gasteiger partial charge in [0.1, 0.15) is 35.6 Å². The van der Waals surface area contributed by atoms with Crippen LogP contribution in [0, 0.1) is 11.6 Å². The maximum atomic E-state index is 13.8. The molecular formula is C30H27F2N5O3. The van der Waals surface area contributed by atoms with Crippen molar-refractivity contribution in [2.75, 3.05) is 11.4 Å². The van der Waals surface area contributed by atoms with E-state index < -0.39 is 17.7 Å². The summed E-state index contributed by atoms with van der Waals surface area (Å²) in [4.78, 5) is 32.2. The normalized spacial score (nSPS) is 15.3. The van der Waals surface area contributed by atoms with E-state index in [1.165, 1.54) is 34.2 Å². The summed E-state index contributed by atoms with van der Waals surface area (Å²) in [5, 5.41) is 2.35. The number of carbonyl (C=O) groups is 2. The van der Waals surface area contributed by atoms with Crippen LogP contribution >= 0.6 is 0 Å². The van der Waals surface area contributed by atoms with Crippen LogP contribution in [0.15, 0.2) is 66.9 Å². The Labute approximate surface area is 229 Å². The zero-order chi connectivity index (χ0) is 27.8. The zero-order valence-corrected chi connectivity index (χ0v) is 21.9. The highest BCUT2D eigenvalue weighted by atomic mass is 19.1. The Hall–Kier alpha value is -4.57. The molecule has 0 bridgehead atoms. The Kier molecular flexibility index (Phi) is 6.77. The summed E-state index contributed by atoms with van der Waals surface area (Å²) in [6.45, 7) is 2.47. The lowest BCUT2D eigenvalue weighted by Gasteiger charge is -2.26. The van der Waals surface area contributed by atoms with E-state index in [2.05, 4.69) is 27.3 Å². The van der Waals surface area contributed by atoms with Gasteiger partial charge in [0, 0.05) is 45.2 Å². The minimum atomic E-state index is -0.621. The van der Waals surface area contributed by atoms with E-state index in [0.717, 1.165) is 36.6 Å². The maximum absolute atomic E-state index is 13.8. The number of hydrogen-bond acceptors (Lipinski definition) is 5. The van der Waals surface area contributed by atoms with Gasteiger partial charge in [-0.3, -0.25) is 19.9 Å². The van der Waals surface area contributed by atoms with Crippen molar-refractivity contribution < 1.29 is 23.1 Å². The van der Waals surface area contributed by atoms with Gasteiger partial charge in [0.15, 0.2) is 0 Å². The van der Waals surface area contributed by atoms with Gasteiger partial charge in [0.25, 0.3) is 0 Å². The predicted octanol–water partition coefficient (Wildman–Crippen LogP) is 4.91. The third kappa shape index (κ3) is 5.05. The molecule has 4 aromatic rings. The van der Waals surface area contributed by atoms with Crippen molar-refractivity contribution in [3.63, 3.8) is 0 Å². The molecule has 8 nitrogen and oxygen atoms in total. The van der Waals surface area contributed by atoms with Gasteiger partial charge in [-0.15, -0.1) is 0 Å². The molecule has 1 N–H and O–H groups in total. The van der Waals surface area contributed by atoms with Gasteiger partial charge in [0.05, 0.1) is 11.8 Å². The standard InChI is InChI=1S/C30H27F2N5O3/c1-35-28(37-12-11-27(38)34-30(37)39)14-33-29(35)20-7-8-21-16-36(17-22(21)13-20)15-19-5-9-23(10-6-19)40-18-24-25(31)3-2-4-26(24)32/h2-10,13-14H,11-12,15-18H2,1H3,(H,34,38,39). The average Bonchev–Trinajstić information content (AvgIpc) is 3.51. The van der Waals surface area contributed by atoms with Gasteiger partial charge in [0.2, 0.25) is 5.91 Å². The second-order valence-electron chi connectivity index (χ2n) is 10.0. The molecule has 0 spiro atoms. The number of rotatable bonds is 7. The molecule has 1 fully saturated rings. The zero-order valence-electron chi connectivity index (χ0n) is 21.9. The highest BCUT2D eigenvalue weighted by Crippen LogP contribution is 2.31. The number of ether oxygens (including phenoxy) is 1. The number of urea groups is 1. The van der Waals surface area contributed by atoms with Gasteiger partial charge in [-0.2, -0.15) is 0 Å². The lowest BCUT2D eigenvalue weighted by molar-refractivity contribution is -0.120. The summed E-state index contributed by atoms with van der Waals surface area (Å²) < 4.78 is 35.2. The van der Waals surface area contributed by atoms with Crippen molar-refractivity contribution in [2.24, 2.45) is 7.05 Å². The molecular weight excluding hydrogens is 516 g/mol. The molecule has 0 aliphatic carbocycles. The van der Waals surface area contributed by atoms with E-state index in [-0.39, 0.29) is 24.5 Å². The molecule has 204 valence electrons. The lowest BCUT2D eigenvalue weighted by Crippen LogP contribution is -2.50. The fraction of sp³-hybridized carbons (Fsp3) is 0.233. The number of nitrogens with one attached hydrogen (secondary N) is 1. The highest BCUT2D eigenvalue weighted by Gasteiger charge is 2.27. The first-order valence-electron chi connectivity index (χ1n) is 13.0. The molecule has 3 heterocycles. The molecule has 0 atom stereocenters. The average molecular weight is 544 g/mol. The Morgan fingerprint density at radius 2 is 1.73 bits per heavy atom. The molecule has 0 unspecified atom stereocenters. The molecule has 10 heteroatoms. The maximum Gasteiger partial charge on any atom is 0.329 e. The van der Waals surface area contributed by atoms with Crippen LogP contribution in [-0.4, -0.2) is 32.9 Å². The summed E-state index contributed by atoms with van der Waals surface area (Å²) in [5.41, 5.74) is 4.44. The van der Waals surface area contributed by atoms with Crippen molar-refractivity contribution in [3.8, 4) is 17.1 Å². The van der Waals surface area contributed by atoms with Crippen molar-refractivity contribution in [3.05, 3.63) is 101 Å². The fourth-order valence-electron chi connectivity index (χ4n) is 5.19. The van der Waals surface area contributed by atoms with Crippen molar-refractivity contribution in [1.29, 1.82) is 0 Å². The summed E-state index contributed by atoms with van der Waals surface area (Å²) in [6.07, 6.45) is 1.91. The van der Waals surface area contributed by atoms with Crippen LogP contribution in [0.2, 0.25) is 0 Å². The van der Waals surface area contributed by atoms with Gasteiger partial charge in [-0.25, -0.2) is 18.6 Å². The molecule has 3 amide bonds. The number of amides is 3. The SMILES string of the molecule is Cn1c(N2CCC(=O)NC2=O)cnc1-c1ccc2c(c1)CN(Cc1ccc(OCc3c(F)cccc3F)cc1)C2. The number of benzene rings is 3. The second-order valence-corrected chi connectivity index (χ2v) is 10.0. The van der Waals surface area contributed by atoms with Crippen LogP contribution < -0.4 is 15.0 Å². The van der Waals surface area contributed by atoms with Crippen LogP contribution in [-0.2, 0) is 38.1 Å². The highest BCUT2D eigenvalue weighted by molar-refractivity contribution is 6.05. The number of aromatic nitrogens is 2. The lowest BCUT2D eigenvalue weighted by atomic mass is 10.1. The summed E-state index contributed by atoms with van der Waals surface area (Å²) in [6, 6.07) is 17.2. The predicted molar refractivity (Wildman–Crippen MR) is 144 cm³/mol. The molecule has 1 saturated heterocycles. The second kappa shape index (κ2) is 10.5. The Bertz CT molecular complexity index is 1580. The van der Waals surface area contributed by atoms with Crippen LogP contribution in [0.4, 0.5) is 19.4 Å². The number of imidazole rings is 1. The summed E-state index contributed by atoms with van der Waals surface area (Å²) in [7, 11) is 1.86. The molecule has 3 aromatic carbocycles. The van der Waals surface area contributed by atoms with E-state index in [9.17, 15) is 18.4 Å². The van der Waals surface area contributed by atoms with Gasteiger partial charge >= 0.3 is 6.03 Å². The summed E-state index contributed by atoms with van der Waals surface area (Å²) >= 11 is 0. The van der Waals surface area contributed by atoms with E-state index in [0.29, 0.717) is 18.1 Å². The third-order valence-electron chi connectivity index (χ3n) is 7.32. The largest absolute Gasteiger partial charge is 0.489 e. The van der Waals surface area contributed by atoms with Crippen LogP contribution in [0.1, 0.15) is 28.7 Å². The smallest absolute Gasteiger partial charge is 0.329 e. The molecule has 1 aromatic heterocycles. The minimum Gasteiger partial charge on any atom is -0.489 e. The van der Waals surface area contributed by atoms with Gasteiger partial charge in [-0.05, 0) is 47.0 Å². The molecule has 2 aliphatic rings. The first-order chi connectivity index (χ1) is 19.4. The molecule has 0 saturated carbocycles. The first kappa shape index (κ1) is 25.7. The van der Waals surface area contributed by atoms with Crippen molar-refractivity contribution >= 4 is 17.8 Å². The molecule has 40 heavy (non-hydrogen) atoms. The Morgan fingerprint density at radius 3 is 2.48 bits per heavy atom. The third-order valence-corrected chi connectivity index (χ3v) is 7.32. The Morgan fingerprint density at radius 1 is 0.975 bits per heavy atom. The van der Waals surface area contributed by atoms with Crippen LogP contribution in [0.5, 0.6) is 5.75 Å². The number of fused-ring (bicyclic) bond motifs is 1. The van der Waals surface area contributed by atoms with Gasteiger partial charge in [-0.1, -0.05) is 30.3 Å². The fourth-order valence-corrected chi connectivity index (χ4v) is 5.19.